The van der Waals surface area contributed by atoms with Gasteiger partial charge in [0.2, 0.25) is 12.0 Å². The molecule has 0 bridgehead atoms. The molecule has 3 rings (SSSR count). The van der Waals surface area contributed by atoms with Gasteiger partial charge < -0.3 is 19.3 Å². The standard InChI is InChI=1S/C18H20N4O7.ClH/c1-10-8-13(20-22(10)12-4-5-19-14(9-12)27-3)21-6-7-28-15(17(21)24)16(18(25)26)29-11(2)23;/h4-5,8-9,15-16H,6-7H2,1-3H3,(H,25,26);1H/t15-,16-;/m1./s1. The number of carboxylic acid groups (broad SMARTS) is 1. The molecule has 30 heavy (non-hydrogen) atoms. The van der Waals surface area contributed by atoms with Crippen LogP contribution in [0.4, 0.5) is 5.82 Å². The maximum absolute atomic E-state index is 12.9. The highest BCUT2D eigenvalue weighted by Gasteiger charge is 2.43. The van der Waals surface area contributed by atoms with E-state index in [4.69, 9.17) is 14.2 Å². The number of methoxy groups -OCH3 is 1. The largest absolute Gasteiger partial charge is 0.481 e. The first-order chi connectivity index (χ1) is 13.8. The third-order valence-electron chi connectivity index (χ3n) is 4.26. The number of carboxylic acids is 1. The molecule has 0 aromatic carbocycles. The number of pyridine rings is 1. The molecule has 0 aliphatic carbocycles. The van der Waals surface area contributed by atoms with E-state index in [0.29, 0.717) is 17.4 Å². The summed E-state index contributed by atoms with van der Waals surface area (Å²) in [5.41, 5.74) is 1.42. The highest BCUT2D eigenvalue weighted by molar-refractivity contribution is 6.00. The van der Waals surface area contributed by atoms with Gasteiger partial charge in [-0.05, 0) is 13.0 Å². The minimum Gasteiger partial charge on any atom is -0.481 e. The summed E-state index contributed by atoms with van der Waals surface area (Å²) in [6, 6.07) is 5.11. The van der Waals surface area contributed by atoms with Crippen molar-refractivity contribution in [1.82, 2.24) is 14.8 Å². The van der Waals surface area contributed by atoms with Gasteiger partial charge in [0.1, 0.15) is 0 Å². The number of carbonyl (C=O) groups excluding carboxylic acids is 2. The predicted molar refractivity (Wildman–Crippen MR) is 105 cm³/mol. The van der Waals surface area contributed by atoms with Gasteiger partial charge in [-0.1, -0.05) is 0 Å². The first-order valence-corrected chi connectivity index (χ1v) is 8.72. The third kappa shape index (κ3) is 4.69. The molecule has 1 fully saturated rings. The second-order valence-corrected chi connectivity index (χ2v) is 6.26. The number of morpholine rings is 1. The van der Waals surface area contributed by atoms with E-state index >= 15 is 0 Å². The van der Waals surface area contributed by atoms with Crippen LogP contribution in [0.15, 0.2) is 24.4 Å². The summed E-state index contributed by atoms with van der Waals surface area (Å²) in [7, 11) is 1.50. The molecule has 3 heterocycles. The van der Waals surface area contributed by atoms with Crippen LogP contribution in [0.3, 0.4) is 0 Å². The van der Waals surface area contributed by atoms with Crippen molar-refractivity contribution in [2.45, 2.75) is 26.1 Å². The zero-order valence-corrected chi connectivity index (χ0v) is 17.3. The van der Waals surface area contributed by atoms with Crippen molar-refractivity contribution in [3.05, 3.63) is 30.1 Å². The lowest BCUT2D eigenvalue weighted by Crippen LogP contribution is -2.55. The Morgan fingerprint density at radius 1 is 1.37 bits per heavy atom. The van der Waals surface area contributed by atoms with Gasteiger partial charge in [0.15, 0.2) is 11.9 Å². The zero-order valence-electron chi connectivity index (χ0n) is 16.5. The second kappa shape index (κ2) is 9.55. The van der Waals surface area contributed by atoms with Crippen LogP contribution in [0.1, 0.15) is 12.6 Å². The number of aryl methyl sites for hydroxylation is 1. The smallest absolute Gasteiger partial charge is 0.348 e. The average Bonchev–Trinajstić information content (AvgIpc) is 3.07. The monoisotopic (exact) mass is 440 g/mol. The van der Waals surface area contributed by atoms with Crippen molar-refractivity contribution >= 4 is 36.1 Å². The molecule has 0 spiro atoms. The van der Waals surface area contributed by atoms with E-state index in [1.165, 1.54) is 12.0 Å². The quantitative estimate of drug-likeness (QED) is 0.646. The molecule has 0 unspecified atom stereocenters. The maximum atomic E-state index is 12.9. The number of rotatable bonds is 6. The van der Waals surface area contributed by atoms with E-state index in [1.54, 1.807) is 29.1 Å². The van der Waals surface area contributed by atoms with Crippen LogP contribution in [0.2, 0.25) is 0 Å². The van der Waals surface area contributed by atoms with Crippen LogP contribution in [0.5, 0.6) is 5.88 Å². The molecule has 0 saturated carbocycles. The predicted octanol–water partition coefficient (Wildman–Crippen LogP) is 0.754. The number of carbonyl (C=O) groups is 3. The number of nitrogens with zero attached hydrogens (tertiary/aromatic N) is 4. The number of aromatic nitrogens is 3. The first-order valence-electron chi connectivity index (χ1n) is 8.72. The van der Waals surface area contributed by atoms with Crippen molar-refractivity contribution in [3.8, 4) is 11.6 Å². The van der Waals surface area contributed by atoms with Crippen LogP contribution in [0.25, 0.3) is 5.69 Å². The Bertz CT molecular complexity index is 948. The Hall–Kier alpha value is -3.18. The normalized spacial score (nSPS) is 17.1. The molecule has 12 heteroatoms. The molecule has 1 aliphatic heterocycles. The van der Waals surface area contributed by atoms with E-state index in [-0.39, 0.29) is 25.6 Å². The molecule has 11 nitrogen and oxygen atoms in total. The number of hydrogen-bond donors (Lipinski definition) is 1. The third-order valence-corrected chi connectivity index (χ3v) is 4.26. The fourth-order valence-electron chi connectivity index (χ4n) is 2.96. The topological polar surface area (TPSA) is 133 Å². The minimum atomic E-state index is -1.74. The van der Waals surface area contributed by atoms with E-state index in [1.807, 2.05) is 6.92 Å². The molecule has 1 saturated heterocycles. The summed E-state index contributed by atoms with van der Waals surface area (Å²) in [4.78, 5) is 40.9. The van der Waals surface area contributed by atoms with E-state index in [9.17, 15) is 19.5 Å². The Morgan fingerprint density at radius 2 is 2.10 bits per heavy atom. The summed E-state index contributed by atoms with van der Waals surface area (Å²) in [6.45, 7) is 3.12. The summed E-state index contributed by atoms with van der Waals surface area (Å²) >= 11 is 0. The maximum Gasteiger partial charge on any atom is 0.348 e. The summed E-state index contributed by atoms with van der Waals surface area (Å²) in [5.74, 6) is -2.21. The van der Waals surface area contributed by atoms with Gasteiger partial charge in [-0.15, -0.1) is 17.5 Å². The molecule has 2 aromatic heterocycles. The Kier molecular flexibility index (Phi) is 7.35. The van der Waals surface area contributed by atoms with Crippen molar-refractivity contribution < 1.29 is 33.7 Å². The number of anilines is 1. The summed E-state index contributed by atoms with van der Waals surface area (Å²) in [5, 5.41) is 13.8. The van der Waals surface area contributed by atoms with Gasteiger partial charge >= 0.3 is 11.9 Å². The average molecular weight is 441 g/mol. The number of esters is 1. The number of amides is 1. The van der Waals surface area contributed by atoms with Crippen LogP contribution in [0, 0.1) is 6.92 Å². The minimum absolute atomic E-state index is 0. The highest BCUT2D eigenvalue weighted by Crippen LogP contribution is 2.24. The molecular weight excluding hydrogens is 420 g/mol. The Balaban J connectivity index is 0.00000320. The molecule has 0 radical (unpaired) electrons. The number of aliphatic carboxylic acids is 1. The van der Waals surface area contributed by atoms with Gasteiger partial charge in [-0.3, -0.25) is 14.5 Å². The fourth-order valence-corrected chi connectivity index (χ4v) is 2.96. The number of ether oxygens (including phenoxy) is 3. The lowest BCUT2D eigenvalue weighted by molar-refractivity contribution is -0.177. The highest BCUT2D eigenvalue weighted by atomic mass is 35.5. The lowest BCUT2D eigenvalue weighted by Gasteiger charge is -2.33. The molecule has 2 aromatic rings. The van der Waals surface area contributed by atoms with Crippen molar-refractivity contribution in [2.24, 2.45) is 0 Å². The fraction of sp³-hybridized carbons (Fsp3) is 0.389. The van der Waals surface area contributed by atoms with Crippen LogP contribution < -0.4 is 9.64 Å². The van der Waals surface area contributed by atoms with Crippen LogP contribution in [-0.4, -0.2) is 70.2 Å². The van der Waals surface area contributed by atoms with E-state index in [2.05, 4.69) is 10.1 Å². The number of hydrogen-bond acceptors (Lipinski definition) is 8. The van der Waals surface area contributed by atoms with Crippen LogP contribution in [-0.2, 0) is 23.9 Å². The van der Waals surface area contributed by atoms with Gasteiger partial charge in [0.25, 0.3) is 5.91 Å². The lowest BCUT2D eigenvalue weighted by atomic mass is 10.1. The summed E-state index contributed by atoms with van der Waals surface area (Å²) in [6.07, 6.45) is -1.63. The van der Waals surface area contributed by atoms with Gasteiger partial charge in [-0.25, -0.2) is 14.5 Å². The molecule has 2 atom stereocenters. The molecule has 1 N–H and O–H groups in total. The molecule has 162 valence electrons. The Labute approximate surface area is 177 Å². The van der Waals surface area contributed by atoms with Gasteiger partial charge in [0, 0.05) is 30.9 Å². The van der Waals surface area contributed by atoms with Gasteiger partial charge in [0.05, 0.1) is 25.9 Å². The van der Waals surface area contributed by atoms with E-state index in [0.717, 1.165) is 12.6 Å². The first kappa shape index (κ1) is 23.1. The van der Waals surface area contributed by atoms with Crippen LogP contribution >= 0.6 is 12.4 Å². The SMILES string of the molecule is COc1cc(-n2nc(N3CCO[C@H]([C@@H](OC(C)=O)C(=O)O)C3=O)cc2C)ccn1.Cl. The zero-order chi connectivity index (χ0) is 21.1. The summed E-state index contributed by atoms with van der Waals surface area (Å²) < 4.78 is 16.8. The number of halogens is 1. The van der Waals surface area contributed by atoms with Crippen molar-refractivity contribution in [1.29, 1.82) is 0 Å². The molecule has 1 amide bonds. The molecule has 1 aliphatic rings. The van der Waals surface area contributed by atoms with Gasteiger partial charge in [-0.2, -0.15) is 0 Å². The second-order valence-electron chi connectivity index (χ2n) is 6.26. The van der Waals surface area contributed by atoms with E-state index < -0.39 is 30.1 Å². The van der Waals surface area contributed by atoms with Crippen molar-refractivity contribution in [3.63, 3.8) is 0 Å². The molecular formula is C18H21ClN4O7. The Morgan fingerprint density at radius 3 is 2.73 bits per heavy atom. The van der Waals surface area contributed by atoms with Crippen molar-refractivity contribution in [2.75, 3.05) is 25.2 Å².